The number of quaternary nitrogens is 2. The molecule has 4 aromatic rings. The highest BCUT2D eigenvalue weighted by atomic mass is 16.6. The lowest BCUT2D eigenvalue weighted by Crippen LogP contribution is -2.55. The molecule has 0 saturated carbocycles. The van der Waals surface area contributed by atoms with Crippen molar-refractivity contribution in [3.8, 4) is 0 Å². The Kier molecular flexibility index (Phi) is 18.8. The normalized spacial score (nSPS) is 10.8. The molecule has 2 atom stereocenters. The Morgan fingerprint density at radius 2 is 0.826 bits per heavy atom. The summed E-state index contributed by atoms with van der Waals surface area (Å²) in [5, 5.41) is 22.7. The fourth-order valence-electron chi connectivity index (χ4n) is 3.50. The second-order valence-electron chi connectivity index (χ2n) is 9.49. The third-order valence-corrected chi connectivity index (χ3v) is 6.05. The largest absolute Gasteiger partial charge is 0.546 e. The number of hydrogen-bond donors (Lipinski definition) is 2. The number of esters is 2. The molecule has 0 fully saturated rings. The topological polar surface area (TPSA) is 251 Å². The molecule has 4 rings (SSSR count). The SMILES string of the molecule is Cc1ccc(C(=O)O[C@@H](C(=O)[O-])[C@@H](OC(=O)c2ccc(C)cc2)C(=O)[O-])cc1.O.O.[NH3+]Cc1ccccc1.[NH3+]Cc1ccccc1. The monoisotopic (exact) mass is 636 g/mol. The van der Waals surface area contributed by atoms with E-state index in [-0.39, 0.29) is 22.1 Å². The van der Waals surface area contributed by atoms with Crippen molar-refractivity contribution in [2.24, 2.45) is 0 Å². The summed E-state index contributed by atoms with van der Waals surface area (Å²) in [4.78, 5) is 47.0. The Morgan fingerprint density at radius 1 is 0.543 bits per heavy atom. The summed E-state index contributed by atoms with van der Waals surface area (Å²) in [5.41, 5.74) is 11.8. The van der Waals surface area contributed by atoms with E-state index in [2.05, 4.69) is 35.7 Å². The van der Waals surface area contributed by atoms with Crippen LogP contribution in [-0.4, -0.2) is 47.0 Å². The standard InChI is InChI=1S/C20H18O8.2C7H9N.2H2O/c1-11-3-7-13(8-4-11)19(25)27-15(17(21)22)16(18(23)24)28-20(26)14-9-5-12(2)6-10-14;2*8-6-7-4-2-1-3-5-7;;/h3-10,15-16H,1-2H3,(H,21,22)(H,23,24);2*1-5H,6,8H2;2*1H2/t15-,16-;;;;/m1..../s1. The van der Waals surface area contributed by atoms with Gasteiger partial charge in [0.25, 0.3) is 0 Å². The van der Waals surface area contributed by atoms with E-state index in [0.29, 0.717) is 0 Å². The molecule has 12 nitrogen and oxygen atoms in total. The van der Waals surface area contributed by atoms with Crippen molar-refractivity contribution in [1.29, 1.82) is 0 Å². The second-order valence-corrected chi connectivity index (χ2v) is 9.49. The van der Waals surface area contributed by atoms with E-state index in [9.17, 15) is 29.4 Å². The number of ether oxygens (including phenoxy) is 2. The van der Waals surface area contributed by atoms with Gasteiger partial charge in [-0.25, -0.2) is 9.59 Å². The lowest BCUT2D eigenvalue weighted by Gasteiger charge is -2.28. The highest BCUT2D eigenvalue weighted by molar-refractivity contribution is 5.94. The fraction of sp³-hybridized carbons (Fsp3) is 0.176. The number of benzene rings is 4. The summed E-state index contributed by atoms with van der Waals surface area (Å²) >= 11 is 0. The lowest BCUT2D eigenvalue weighted by atomic mass is 10.1. The maximum atomic E-state index is 12.1. The molecule has 0 unspecified atom stereocenters. The van der Waals surface area contributed by atoms with Gasteiger partial charge in [0.15, 0.2) is 12.2 Å². The van der Waals surface area contributed by atoms with E-state index in [0.717, 1.165) is 24.2 Å². The second kappa shape index (κ2) is 21.3. The van der Waals surface area contributed by atoms with Crippen molar-refractivity contribution in [3.05, 3.63) is 143 Å². The Balaban J connectivity index is 0.000000914. The van der Waals surface area contributed by atoms with Crippen LogP contribution in [0.2, 0.25) is 0 Å². The Morgan fingerprint density at radius 3 is 1.04 bits per heavy atom. The molecule has 0 amide bonds. The van der Waals surface area contributed by atoms with Crippen molar-refractivity contribution < 1.29 is 61.3 Å². The number of aliphatic carboxylic acids is 2. The Hall–Kier alpha value is -5.40. The zero-order chi connectivity index (χ0) is 32.5. The predicted molar refractivity (Wildman–Crippen MR) is 164 cm³/mol. The van der Waals surface area contributed by atoms with E-state index in [1.54, 1.807) is 38.1 Å². The van der Waals surface area contributed by atoms with Gasteiger partial charge in [-0.3, -0.25) is 0 Å². The molecule has 0 aromatic heterocycles. The van der Waals surface area contributed by atoms with Gasteiger partial charge in [-0.05, 0) is 38.1 Å². The minimum absolute atomic E-state index is 0. The number of carboxylic acid groups (broad SMARTS) is 2. The van der Waals surface area contributed by atoms with Crippen LogP contribution in [0, 0.1) is 13.8 Å². The van der Waals surface area contributed by atoms with Crippen LogP contribution in [0.4, 0.5) is 0 Å². The Labute approximate surface area is 266 Å². The number of carbonyl (C=O) groups is 4. The molecule has 12 heteroatoms. The number of carbonyl (C=O) groups excluding carboxylic acids is 4. The van der Waals surface area contributed by atoms with Crippen LogP contribution in [0.15, 0.2) is 109 Å². The number of aryl methyl sites for hydroxylation is 2. The average molecular weight is 637 g/mol. The third-order valence-electron chi connectivity index (χ3n) is 6.05. The molecular formula is C34H40N2O10. The van der Waals surface area contributed by atoms with E-state index in [1.807, 2.05) is 36.4 Å². The van der Waals surface area contributed by atoms with Crippen LogP contribution in [0.1, 0.15) is 43.0 Å². The maximum absolute atomic E-state index is 12.1. The van der Waals surface area contributed by atoms with Crippen molar-refractivity contribution in [2.75, 3.05) is 0 Å². The molecule has 0 aliphatic heterocycles. The Bertz CT molecular complexity index is 1370. The molecule has 10 N–H and O–H groups in total. The van der Waals surface area contributed by atoms with Gasteiger partial charge in [0.1, 0.15) is 0 Å². The van der Waals surface area contributed by atoms with Crippen molar-refractivity contribution >= 4 is 23.9 Å². The first-order valence-corrected chi connectivity index (χ1v) is 13.7. The highest BCUT2D eigenvalue weighted by Crippen LogP contribution is 2.13. The van der Waals surface area contributed by atoms with Crippen LogP contribution >= 0.6 is 0 Å². The van der Waals surface area contributed by atoms with Crippen LogP contribution in [0.3, 0.4) is 0 Å². The van der Waals surface area contributed by atoms with Gasteiger partial charge < -0.3 is 51.7 Å². The molecule has 0 spiro atoms. The summed E-state index contributed by atoms with van der Waals surface area (Å²) < 4.78 is 9.44. The van der Waals surface area contributed by atoms with Gasteiger partial charge in [0, 0.05) is 11.1 Å². The summed E-state index contributed by atoms with van der Waals surface area (Å²) in [5.74, 6) is -6.34. The van der Waals surface area contributed by atoms with Crippen molar-refractivity contribution in [2.45, 2.75) is 39.1 Å². The minimum Gasteiger partial charge on any atom is -0.546 e. The summed E-state index contributed by atoms with van der Waals surface area (Å²) in [6, 6.07) is 32.3. The molecule has 0 radical (unpaired) electrons. The molecule has 0 bridgehead atoms. The van der Waals surface area contributed by atoms with Crippen LogP contribution in [0.5, 0.6) is 0 Å². The first-order valence-electron chi connectivity index (χ1n) is 13.7. The van der Waals surface area contributed by atoms with Crippen LogP contribution in [-0.2, 0) is 32.2 Å². The van der Waals surface area contributed by atoms with E-state index < -0.39 is 36.1 Å². The molecule has 0 aliphatic carbocycles. The molecule has 0 aliphatic rings. The van der Waals surface area contributed by atoms with Gasteiger partial charge >= 0.3 is 11.9 Å². The molecule has 0 heterocycles. The van der Waals surface area contributed by atoms with Crippen molar-refractivity contribution in [3.63, 3.8) is 0 Å². The summed E-state index contributed by atoms with van der Waals surface area (Å²) in [6.07, 6.45) is -4.79. The van der Waals surface area contributed by atoms with Gasteiger partial charge in [-0.2, -0.15) is 0 Å². The lowest BCUT2D eigenvalue weighted by molar-refractivity contribution is -0.386. The molecular weight excluding hydrogens is 596 g/mol. The third kappa shape index (κ3) is 13.9. The van der Waals surface area contributed by atoms with Gasteiger partial charge in [0.05, 0.1) is 36.2 Å². The van der Waals surface area contributed by atoms with Crippen LogP contribution in [0.25, 0.3) is 0 Å². The number of hydrogen-bond acceptors (Lipinski definition) is 8. The minimum atomic E-state index is -2.40. The maximum Gasteiger partial charge on any atom is 0.338 e. The first kappa shape index (κ1) is 40.6. The zero-order valence-electron chi connectivity index (χ0n) is 25.6. The molecule has 0 saturated heterocycles. The zero-order valence-corrected chi connectivity index (χ0v) is 25.6. The van der Waals surface area contributed by atoms with E-state index >= 15 is 0 Å². The van der Waals surface area contributed by atoms with E-state index in [4.69, 9.17) is 9.47 Å². The number of rotatable bonds is 9. The smallest absolute Gasteiger partial charge is 0.338 e. The predicted octanol–water partition coefficient (Wildman–Crippen LogP) is -1.24. The van der Waals surface area contributed by atoms with Crippen molar-refractivity contribution in [1.82, 2.24) is 0 Å². The first-order chi connectivity index (χ1) is 21.0. The summed E-state index contributed by atoms with van der Waals surface area (Å²) in [7, 11) is 0. The molecule has 46 heavy (non-hydrogen) atoms. The summed E-state index contributed by atoms with van der Waals surface area (Å²) in [6.45, 7) is 5.33. The number of carboxylic acids is 2. The quantitative estimate of drug-likeness (QED) is 0.210. The fourth-order valence-corrected chi connectivity index (χ4v) is 3.50. The molecule has 246 valence electrons. The van der Waals surface area contributed by atoms with E-state index in [1.165, 1.54) is 35.4 Å². The average Bonchev–Trinajstić information content (AvgIpc) is 3.04. The van der Waals surface area contributed by atoms with Gasteiger partial charge in [-0.15, -0.1) is 0 Å². The van der Waals surface area contributed by atoms with Gasteiger partial charge in [0.2, 0.25) is 0 Å². The highest BCUT2D eigenvalue weighted by Gasteiger charge is 2.32. The van der Waals surface area contributed by atoms with Crippen LogP contribution < -0.4 is 21.7 Å². The van der Waals surface area contributed by atoms with Gasteiger partial charge in [-0.1, -0.05) is 96.1 Å². The molecule has 4 aromatic carbocycles.